The molecule has 11 heteroatoms. The number of carbonyl (C=O) groups excluding carboxylic acids is 5. The summed E-state index contributed by atoms with van der Waals surface area (Å²) in [5, 5.41) is 12.2. The van der Waals surface area contributed by atoms with Crippen molar-refractivity contribution in [3.05, 3.63) is 11.6 Å². The monoisotopic (exact) mass is 671 g/mol. The third kappa shape index (κ3) is 6.98. The number of hydrogen-bond acceptors (Lipinski definition) is 9. The van der Waals surface area contributed by atoms with Crippen LogP contribution >= 0.6 is 0 Å². The molecule has 1 saturated heterocycles. The van der Waals surface area contributed by atoms with Crippen LogP contribution < -0.4 is 5.32 Å². The fourth-order valence-electron chi connectivity index (χ4n) is 10.5. The molecule has 5 unspecified atom stereocenters. The number of hydrogen-bond donors (Lipinski definition) is 2. The lowest BCUT2D eigenvalue weighted by Gasteiger charge is -2.59. The summed E-state index contributed by atoms with van der Waals surface area (Å²) in [7, 11) is 0. The number of carboxylic acid groups (broad SMARTS) is 1. The second-order valence-electron chi connectivity index (χ2n) is 16.1. The van der Waals surface area contributed by atoms with Gasteiger partial charge in [-0.2, -0.15) is 0 Å². The molecule has 1 heterocycles. The van der Waals surface area contributed by atoms with E-state index >= 15 is 0 Å². The summed E-state index contributed by atoms with van der Waals surface area (Å²) < 4.78 is 17.1. The van der Waals surface area contributed by atoms with Crippen LogP contribution in [0, 0.1) is 34.5 Å². The number of carboxylic acids is 1. The van der Waals surface area contributed by atoms with Gasteiger partial charge in [0.2, 0.25) is 11.7 Å². The van der Waals surface area contributed by atoms with Crippen LogP contribution in [-0.4, -0.2) is 70.9 Å². The Balaban J connectivity index is 1.20. The van der Waals surface area contributed by atoms with Crippen LogP contribution in [0.2, 0.25) is 0 Å². The van der Waals surface area contributed by atoms with Crippen LogP contribution in [0.15, 0.2) is 11.6 Å². The molecule has 1 amide bonds. The number of fused-ring (bicyclic) bond motifs is 5. The molecule has 4 fully saturated rings. The molecule has 266 valence electrons. The lowest BCUT2D eigenvalue weighted by Crippen LogP contribution is -2.59. The number of carbonyl (C=O) groups is 6. The van der Waals surface area contributed by atoms with E-state index in [0.29, 0.717) is 50.5 Å². The molecule has 4 aliphatic carbocycles. The van der Waals surface area contributed by atoms with Crippen LogP contribution in [-0.2, 0) is 43.0 Å². The van der Waals surface area contributed by atoms with E-state index in [1.807, 2.05) is 19.9 Å². The van der Waals surface area contributed by atoms with Gasteiger partial charge in [-0.25, -0.2) is 0 Å². The molecule has 8 atom stereocenters. The molecule has 0 bridgehead atoms. The lowest BCUT2D eigenvalue weighted by atomic mass is 9.46. The van der Waals surface area contributed by atoms with E-state index in [4.69, 9.17) is 14.2 Å². The third-order valence-electron chi connectivity index (χ3n) is 12.8. The average molecular weight is 672 g/mol. The molecule has 0 radical (unpaired) electrons. The number of nitrogens with one attached hydrogen (secondary N) is 1. The highest BCUT2D eigenvalue weighted by Crippen LogP contribution is 2.68. The smallest absolute Gasteiger partial charge is 0.306 e. The van der Waals surface area contributed by atoms with E-state index in [0.717, 1.165) is 32.1 Å². The molecule has 5 rings (SSSR count). The quantitative estimate of drug-likeness (QED) is 0.290. The van der Waals surface area contributed by atoms with E-state index < -0.39 is 58.9 Å². The van der Waals surface area contributed by atoms with E-state index in [9.17, 15) is 33.9 Å². The fraction of sp³-hybridized carbons (Fsp3) is 0.784. The van der Waals surface area contributed by atoms with Gasteiger partial charge in [0.05, 0.1) is 18.4 Å². The van der Waals surface area contributed by atoms with Crippen LogP contribution in [0.3, 0.4) is 0 Å². The summed E-state index contributed by atoms with van der Waals surface area (Å²) in [5.74, 6) is -2.20. The minimum Gasteiger partial charge on any atom is -0.481 e. The Hall–Kier alpha value is -3.08. The lowest BCUT2D eigenvalue weighted by molar-refractivity contribution is -0.191. The average Bonchev–Trinajstić information content (AvgIpc) is 3.30. The first-order chi connectivity index (χ1) is 22.5. The normalized spacial score (nSPS) is 35.9. The van der Waals surface area contributed by atoms with E-state index in [1.165, 1.54) is 12.5 Å². The van der Waals surface area contributed by atoms with Crippen molar-refractivity contribution in [1.29, 1.82) is 0 Å². The molecule has 48 heavy (non-hydrogen) atoms. The molecule has 0 aromatic carbocycles. The first kappa shape index (κ1) is 36.2. The van der Waals surface area contributed by atoms with E-state index in [2.05, 4.69) is 19.2 Å². The van der Waals surface area contributed by atoms with Crippen molar-refractivity contribution in [1.82, 2.24) is 5.32 Å². The Morgan fingerprint density at radius 3 is 2.40 bits per heavy atom. The number of aliphatic carboxylic acids is 1. The van der Waals surface area contributed by atoms with Crippen LogP contribution in [0.25, 0.3) is 0 Å². The molecule has 0 spiro atoms. The number of amides is 1. The summed E-state index contributed by atoms with van der Waals surface area (Å²) in [4.78, 5) is 75.9. The summed E-state index contributed by atoms with van der Waals surface area (Å²) in [5.41, 5.74) is -1.23. The Bertz CT molecular complexity index is 1370. The van der Waals surface area contributed by atoms with Crippen LogP contribution in [0.1, 0.15) is 118 Å². The van der Waals surface area contributed by atoms with Crippen molar-refractivity contribution in [3.63, 3.8) is 0 Å². The van der Waals surface area contributed by atoms with Crippen molar-refractivity contribution in [2.75, 3.05) is 13.2 Å². The highest BCUT2D eigenvalue weighted by molar-refractivity contribution is 5.93. The van der Waals surface area contributed by atoms with Gasteiger partial charge in [-0.15, -0.1) is 0 Å². The summed E-state index contributed by atoms with van der Waals surface area (Å²) >= 11 is 0. The van der Waals surface area contributed by atoms with Crippen molar-refractivity contribution in [2.45, 2.75) is 135 Å². The molecule has 2 N–H and O–H groups in total. The molecule has 11 nitrogen and oxygen atoms in total. The maximum absolute atomic E-state index is 14.0. The Morgan fingerprint density at radius 2 is 1.71 bits per heavy atom. The minimum atomic E-state index is -1.41. The number of Topliss-reactive ketones (excluding diaryl/α,β-unsaturated/α-hetero) is 1. The Kier molecular flexibility index (Phi) is 10.3. The van der Waals surface area contributed by atoms with Gasteiger partial charge in [0.25, 0.3) is 0 Å². The number of ether oxygens (including phenoxy) is 3. The predicted molar refractivity (Wildman–Crippen MR) is 173 cm³/mol. The van der Waals surface area contributed by atoms with Gasteiger partial charge in [-0.1, -0.05) is 19.4 Å². The Morgan fingerprint density at radius 1 is 0.979 bits per heavy atom. The second kappa shape index (κ2) is 13.7. The third-order valence-corrected chi connectivity index (χ3v) is 12.8. The maximum atomic E-state index is 14.0. The minimum absolute atomic E-state index is 0.0360. The van der Waals surface area contributed by atoms with Crippen molar-refractivity contribution < 1.29 is 48.1 Å². The summed E-state index contributed by atoms with van der Waals surface area (Å²) in [6.45, 7) is 9.43. The van der Waals surface area contributed by atoms with Gasteiger partial charge in [-0.3, -0.25) is 28.8 Å². The SMILES string of the molecule is CC(=O)O[C@]1(C(=O)COC(=O)CCC(=O)NC(CC(=O)O)C2CCOC(C)(C)C2)CCC2C3CCC4=CC(=O)CC[C@]4(C)C3CC[C@@]21C. The highest BCUT2D eigenvalue weighted by atomic mass is 16.6. The van der Waals surface area contributed by atoms with Gasteiger partial charge >= 0.3 is 17.9 Å². The first-order valence-electron chi connectivity index (χ1n) is 17.8. The maximum Gasteiger partial charge on any atom is 0.306 e. The second-order valence-corrected chi connectivity index (χ2v) is 16.1. The van der Waals surface area contributed by atoms with Crippen molar-refractivity contribution in [2.24, 2.45) is 34.5 Å². The predicted octanol–water partition coefficient (Wildman–Crippen LogP) is 4.88. The van der Waals surface area contributed by atoms with E-state index in [1.54, 1.807) is 0 Å². The van der Waals surface area contributed by atoms with Gasteiger partial charge in [0.1, 0.15) is 0 Å². The van der Waals surface area contributed by atoms with Gasteiger partial charge in [0.15, 0.2) is 18.0 Å². The topological polar surface area (TPSA) is 162 Å². The molecular formula is C37H53NO10. The fourth-order valence-corrected chi connectivity index (χ4v) is 10.5. The highest BCUT2D eigenvalue weighted by Gasteiger charge is 2.68. The van der Waals surface area contributed by atoms with Gasteiger partial charge < -0.3 is 24.6 Å². The molecule has 0 aromatic rings. The molecule has 3 saturated carbocycles. The largest absolute Gasteiger partial charge is 0.481 e. The standard InChI is InChI=1S/C37H53NO10/c1-22(39)48-37(16-12-28-26-7-6-24-18-25(40)10-14-35(24,4)27(26)11-15-36(28,37)5)30(41)21-46-33(45)9-8-31(42)38-29(19-32(43)44)23-13-17-47-34(2,3)20-23/h18,23,26-29H,6-17,19-21H2,1-5H3,(H,38,42)(H,43,44)/t23?,26?,27?,28?,29?,35-,36-,37-/m0/s1. The molecule has 0 aromatic heterocycles. The molecule has 5 aliphatic rings. The van der Waals surface area contributed by atoms with Gasteiger partial charge in [-0.05, 0) is 107 Å². The zero-order valence-electron chi connectivity index (χ0n) is 29.2. The number of rotatable bonds is 11. The van der Waals surface area contributed by atoms with Crippen molar-refractivity contribution in [3.8, 4) is 0 Å². The molecule has 1 aliphatic heterocycles. The number of allylic oxidation sites excluding steroid dienone is 1. The summed E-state index contributed by atoms with van der Waals surface area (Å²) in [6.07, 6.45) is 8.19. The Labute approximate surface area is 283 Å². The zero-order valence-corrected chi connectivity index (χ0v) is 29.2. The number of ketones is 2. The number of esters is 2. The van der Waals surface area contributed by atoms with Crippen molar-refractivity contribution >= 4 is 35.4 Å². The van der Waals surface area contributed by atoms with Crippen LogP contribution in [0.5, 0.6) is 0 Å². The first-order valence-corrected chi connectivity index (χ1v) is 17.8. The summed E-state index contributed by atoms with van der Waals surface area (Å²) in [6, 6.07) is -0.597. The van der Waals surface area contributed by atoms with Crippen LogP contribution in [0.4, 0.5) is 0 Å². The van der Waals surface area contributed by atoms with Gasteiger partial charge in [0, 0.05) is 37.8 Å². The van der Waals surface area contributed by atoms with E-state index in [-0.39, 0.29) is 42.3 Å². The zero-order chi connectivity index (χ0) is 35.1. The molecular weight excluding hydrogens is 618 g/mol.